The molecule has 1 N–H and O–H groups in total. The first kappa shape index (κ1) is 12.9. The number of aromatic nitrogens is 4. The molecule has 0 saturated heterocycles. The third-order valence-electron chi connectivity index (χ3n) is 3.98. The van der Waals surface area contributed by atoms with Crippen molar-refractivity contribution in [3.8, 4) is 0 Å². The van der Waals surface area contributed by atoms with Gasteiger partial charge in [-0.1, -0.05) is 11.6 Å². The lowest BCUT2D eigenvalue weighted by Crippen LogP contribution is -2.19. The average molecular weight is 293 g/mol. The van der Waals surface area contributed by atoms with E-state index in [1.165, 1.54) is 0 Å². The third kappa shape index (κ3) is 1.95. The summed E-state index contributed by atoms with van der Waals surface area (Å²) >= 11 is 0. The minimum absolute atomic E-state index is 0.0560. The Labute approximate surface area is 126 Å². The zero-order valence-electron chi connectivity index (χ0n) is 12.4. The lowest BCUT2D eigenvalue weighted by molar-refractivity contribution is 0.849. The number of fused-ring (bicyclic) bond motifs is 2. The molecule has 1 aliphatic rings. The molecular formula is C16H15N5O. The molecule has 0 spiro atoms. The van der Waals surface area contributed by atoms with Gasteiger partial charge in [-0.2, -0.15) is 0 Å². The first-order valence-electron chi connectivity index (χ1n) is 7.17. The van der Waals surface area contributed by atoms with Crippen LogP contribution in [0.25, 0.3) is 10.9 Å². The van der Waals surface area contributed by atoms with Gasteiger partial charge in [-0.15, -0.1) is 0 Å². The molecule has 6 nitrogen and oxygen atoms in total. The Morgan fingerprint density at radius 2 is 2.05 bits per heavy atom. The van der Waals surface area contributed by atoms with E-state index in [9.17, 15) is 4.79 Å². The zero-order chi connectivity index (χ0) is 15.3. The van der Waals surface area contributed by atoms with Gasteiger partial charge in [0.25, 0.3) is 5.56 Å². The van der Waals surface area contributed by atoms with Crippen LogP contribution in [0.15, 0.2) is 29.3 Å². The van der Waals surface area contributed by atoms with Crippen LogP contribution in [0.5, 0.6) is 0 Å². The minimum Gasteiger partial charge on any atom is -0.345 e. The van der Waals surface area contributed by atoms with Crippen molar-refractivity contribution < 1.29 is 0 Å². The fraction of sp³-hybridized carbons (Fsp3) is 0.250. The highest BCUT2D eigenvalue weighted by Crippen LogP contribution is 2.29. The number of nitrogens with one attached hydrogen (secondary N) is 1. The molecule has 0 amide bonds. The molecule has 1 aromatic carbocycles. The van der Waals surface area contributed by atoms with Crippen LogP contribution in [0.1, 0.15) is 22.6 Å². The minimum atomic E-state index is -0.0560. The third-order valence-corrected chi connectivity index (χ3v) is 3.98. The highest BCUT2D eigenvalue weighted by Gasteiger charge is 2.25. The van der Waals surface area contributed by atoms with Gasteiger partial charge in [0.1, 0.15) is 18.0 Å². The fourth-order valence-electron chi connectivity index (χ4n) is 2.95. The predicted octanol–water partition coefficient (Wildman–Crippen LogP) is 1.85. The summed E-state index contributed by atoms with van der Waals surface area (Å²) in [5.41, 5.74) is 3.57. The van der Waals surface area contributed by atoms with Crippen molar-refractivity contribution >= 4 is 16.7 Å². The summed E-state index contributed by atoms with van der Waals surface area (Å²) in [6.45, 7) is 4.97. The molecule has 0 radical (unpaired) electrons. The maximum absolute atomic E-state index is 12.1. The molecule has 0 atom stereocenters. The molecule has 0 fully saturated rings. The highest BCUT2D eigenvalue weighted by atomic mass is 16.1. The van der Waals surface area contributed by atoms with Crippen LogP contribution in [-0.2, 0) is 13.1 Å². The van der Waals surface area contributed by atoms with E-state index in [1.54, 1.807) is 13.3 Å². The van der Waals surface area contributed by atoms with E-state index in [2.05, 4.69) is 30.9 Å². The molecule has 0 saturated carbocycles. The van der Waals surface area contributed by atoms with Crippen molar-refractivity contribution in [2.24, 2.45) is 0 Å². The monoisotopic (exact) mass is 293 g/mol. The molecule has 6 heteroatoms. The molecule has 0 aliphatic carbocycles. The van der Waals surface area contributed by atoms with Gasteiger partial charge >= 0.3 is 0 Å². The van der Waals surface area contributed by atoms with Gasteiger partial charge in [-0.05, 0) is 26.0 Å². The predicted molar refractivity (Wildman–Crippen MR) is 83.8 cm³/mol. The Kier molecular flexibility index (Phi) is 2.72. The number of hydrogen-bond acceptors (Lipinski definition) is 5. The normalized spacial score (nSPS) is 13.6. The summed E-state index contributed by atoms with van der Waals surface area (Å²) in [6.07, 6.45) is 1.57. The number of hydrogen-bond donors (Lipinski definition) is 1. The van der Waals surface area contributed by atoms with Crippen molar-refractivity contribution in [1.29, 1.82) is 0 Å². The number of H-pyrrole nitrogens is 1. The van der Waals surface area contributed by atoms with Crippen molar-refractivity contribution in [1.82, 2.24) is 19.9 Å². The van der Waals surface area contributed by atoms with Gasteiger partial charge in [-0.3, -0.25) is 4.79 Å². The van der Waals surface area contributed by atoms with E-state index in [1.807, 2.05) is 19.1 Å². The Bertz CT molecular complexity index is 947. The van der Waals surface area contributed by atoms with Crippen LogP contribution in [0.2, 0.25) is 0 Å². The lowest BCUT2D eigenvalue weighted by Gasteiger charge is -2.17. The number of nitrogens with zero attached hydrogens (tertiary/aromatic N) is 4. The second-order valence-electron chi connectivity index (χ2n) is 5.65. The number of aryl methyl sites for hydroxylation is 2. The number of rotatable bonds is 1. The maximum atomic E-state index is 12.1. The van der Waals surface area contributed by atoms with Gasteiger partial charge < -0.3 is 9.88 Å². The lowest BCUT2D eigenvalue weighted by atomic mass is 10.1. The van der Waals surface area contributed by atoms with Crippen molar-refractivity contribution in [2.75, 3.05) is 4.90 Å². The van der Waals surface area contributed by atoms with Gasteiger partial charge in [0.15, 0.2) is 0 Å². The summed E-state index contributed by atoms with van der Waals surface area (Å²) in [4.78, 5) is 30.1. The van der Waals surface area contributed by atoms with E-state index in [0.29, 0.717) is 18.9 Å². The number of anilines is 1. The Hall–Kier alpha value is -2.76. The number of aromatic amines is 1. The largest absolute Gasteiger partial charge is 0.345 e. The topological polar surface area (TPSA) is 74.8 Å². The summed E-state index contributed by atoms with van der Waals surface area (Å²) in [5, 5.41) is 1.00. The van der Waals surface area contributed by atoms with Crippen molar-refractivity contribution in [3.05, 3.63) is 57.5 Å². The smallest absolute Gasteiger partial charge is 0.256 e. The van der Waals surface area contributed by atoms with Crippen LogP contribution in [-0.4, -0.2) is 19.9 Å². The van der Waals surface area contributed by atoms with Crippen molar-refractivity contribution in [2.45, 2.75) is 26.9 Å². The molecule has 3 heterocycles. The molecular weight excluding hydrogens is 278 g/mol. The first-order chi connectivity index (χ1) is 10.6. The molecule has 0 unspecified atom stereocenters. The zero-order valence-corrected chi connectivity index (χ0v) is 12.4. The standard InChI is InChI=1S/C16H15N5O/c1-9-3-4-13-11(5-9)15(18-8-17-13)21-6-12-14(7-21)19-10(2)20-16(12)22/h3-5,8H,6-7H2,1-2H3,(H,19,20,22). The van der Waals surface area contributed by atoms with Crippen molar-refractivity contribution in [3.63, 3.8) is 0 Å². The van der Waals surface area contributed by atoms with E-state index in [0.717, 1.165) is 33.5 Å². The molecule has 22 heavy (non-hydrogen) atoms. The highest BCUT2D eigenvalue weighted by molar-refractivity contribution is 5.90. The Morgan fingerprint density at radius 3 is 2.91 bits per heavy atom. The Balaban J connectivity index is 1.83. The van der Waals surface area contributed by atoms with Gasteiger partial charge in [-0.25, -0.2) is 15.0 Å². The summed E-state index contributed by atoms with van der Waals surface area (Å²) < 4.78 is 0. The second kappa shape index (κ2) is 4.62. The Morgan fingerprint density at radius 1 is 1.18 bits per heavy atom. The second-order valence-corrected chi connectivity index (χ2v) is 5.65. The average Bonchev–Trinajstić information content (AvgIpc) is 2.90. The quantitative estimate of drug-likeness (QED) is 0.741. The molecule has 2 aromatic heterocycles. The summed E-state index contributed by atoms with van der Waals surface area (Å²) in [6, 6.07) is 6.11. The van der Waals surface area contributed by atoms with Gasteiger partial charge in [0, 0.05) is 5.39 Å². The van der Waals surface area contributed by atoms with E-state index >= 15 is 0 Å². The molecule has 3 aromatic rings. The van der Waals surface area contributed by atoms with Crippen LogP contribution in [0.4, 0.5) is 5.82 Å². The first-order valence-corrected chi connectivity index (χ1v) is 7.17. The number of benzene rings is 1. The molecule has 4 rings (SSSR count). The SMILES string of the molecule is Cc1ccc2ncnc(N3Cc4nc(C)[nH]c(=O)c4C3)c2c1. The van der Waals surface area contributed by atoms with E-state index < -0.39 is 0 Å². The summed E-state index contributed by atoms with van der Waals surface area (Å²) in [7, 11) is 0. The summed E-state index contributed by atoms with van der Waals surface area (Å²) in [5.74, 6) is 1.50. The van der Waals surface area contributed by atoms with Crippen LogP contribution in [0.3, 0.4) is 0 Å². The van der Waals surface area contributed by atoms with E-state index in [-0.39, 0.29) is 5.56 Å². The van der Waals surface area contributed by atoms with Crippen LogP contribution < -0.4 is 10.5 Å². The molecule has 110 valence electrons. The van der Waals surface area contributed by atoms with Gasteiger partial charge in [0.2, 0.25) is 0 Å². The van der Waals surface area contributed by atoms with Gasteiger partial charge in [0.05, 0.1) is 29.9 Å². The van der Waals surface area contributed by atoms with E-state index in [4.69, 9.17) is 0 Å². The fourth-order valence-corrected chi connectivity index (χ4v) is 2.95. The maximum Gasteiger partial charge on any atom is 0.256 e. The van der Waals surface area contributed by atoms with Crippen LogP contribution in [0, 0.1) is 13.8 Å². The molecule has 0 bridgehead atoms. The molecule has 1 aliphatic heterocycles. The van der Waals surface area contributed by atoms with Crippen LogP contribution >= 0.6 is 0 Å².